The van der Waals surface area contributed by atoms with Gasteiger partial charge >= 0.3 is 0 Å². The fourth-order valence-corrected chi connectivity index (χ4v) is 3.20. The highest BCUT2D eigenvalue weighted by Gasteiger charge is 2.23. The Labute approximate surface area is 138 Å². The molecule has 0 bridgehead atoms. The van der Waals surface area contributed by atoms with E-state index in [1.807, 2.05) is 0 Å². The zero-order chi connectivity index (χ0) is 15.7. The van der Waals surface area contributed by atoms with Crippen molar-refractivity contribution in [2.45, 2.75) is 63.1 Å². The summed E-state index contributed by atoms with van der Waals surface area (Å²) in [6.45, 7) is 4.71. The van der Waals surface area contributed by atoms with E-state index in [1.54, 1.807) is 0 Å². The van der Waals surface area contributed by atoms with Crippen molar-refractivity contribution in [2.75, 3.05) is 46.2 Å². The molecule has 3 fully saturated rings. The molecule has 3 heterocycles. The van der Waals surface area contributed by atoms with Crippen molar-refractivity contribution in [3.05, 3.63) is 0 Å². The van der Waals surface area contributed by atoms with Crippen LogP contribution in [-0.4, -0.2) is 70.9 Å². The van der Waals surface area contributed by atoms with Crippen LogP contribution in [0, 0.1) is 0 Å². The number of rotatable bonds is 10. The highest BCUT2D eigenvalue weighted by molar-refractivity contribution is 4.67. The topological polar surface area (TPSA) is 55.4 Å². The van der Waals surface area contributed by atoms with Gasteiger partial charge in [0, 0.05) is 19.8 Å². The molecule has 0 radical (unpaired) electrons. The summed E-state index contributed by atoms with van der Waals surface area (Å²) in [4.78, 5) is 0. The summed E-state index contributed by atoms with van der Waals surface area (Å²) in [6.07, 6.45) is 6.84. The van der Waals surface area contributed by atoms with Crippen molar-refractivity contribution < 1.29 is 28.4 Å². The highest BCUT2D eigenvalue weighted by atomic mass is 16.7. The quantitative estimate of drug-likeness (QED) is 0.570. The first-order valence-electron chi connectivity index (χ1n) is 9.06. The van der Waals surface area contributed by atoms with Crippen LogP contribution in [-0.2, 0) is 28.4 Å². The van der Waals surface area contributed by atoms with Crippen molar-refractivity contribution in [1.82, 2.24) is 0 Å². The fraction of sp³-hybridized carbons (Fsp3) is 1.00. The van der Waals surface area contributed by atoms with Crippen LogP contribution in [0.1, 0.15) is 38.5 Å². The average molecular weight is 330 g/mol. The molecule has 3 rings (SSSR count). The zero-order valence-electron chi connectivity index (χ0n) is 14.0. The second-order valence-corrected chi connectivity index (χ2v) is 6.54. The van der Waals surface area contributed by atoms with Gasteiger partial charge in [-0.1, -0.05) is 0 Å². The van der Waals surface area contributed by atoms with Crippen LogP contribution in [0.15, 0.2) is 0 Å². The summed E-state index contributed by atoms with van der Waals surface area (Å²) in [5, 5.41) is 0. The van der Waals surface area contributed by atoms with Gasteiger partial charge in [-0.15, -0.1) is 0 Å². The van der Waals surface area contributed by atoms with Crippen molar-refractivity contribution in [2.24, 2.45) is 0 Å². The molecular weight excluding hydrogens is 300 g/mol. The number of hydrogen-bond donors (Lipinski definition) is 0. The van der Waals surface area contributed by atoms with Crippen LogP contribution in [0.3, 0.4) is 0 Å². The van der Waals surface area contributed by atoms with Gasteiger partial charge in [-0.25, -0.2) is 0 Å². The monoisotopic (exact) mass is 330 g/mol. The highest BCUT2D eigenvalue weighted by Crippen LogP contribution is 2.16. The Bertz CT molecular complexity index is 288. The van der Waals surface area contributed by atoms with E-state index < -0.39 is 0 Å². The molecule has 0 aliphatic carbocycles. The van der Waals surface area contributed by atoms with Gasteiger partial charge in [0.05, 0.1) is 44.7 Å². The largest absolute Gasteiger partial charge is 0.376 e. The second-order valence-electron chi connectivity index (χ2n) is 6.54. The normalized spacial score (nSPS) is 32.6. The van der Waals surface area contributed by atoms with E-state index in [0.717, 1.165) is 58.3 Å². The molecule has 0 aromatic heterocycles. The maximum absolute atomic E-state index is 5.88. The second kappa shape index (κ2) is 9.91. The molecule has 0 spiro atoms. The van der Waals surface area contributed by atoms with Crippen molar-refractivity contribution in [3.8, 4) is 0 Å². The molecule has 6 nitrogen and oxygen atoms in total. The Balaban J connectivity index is 1.35. The van der Waals surface area contributed by atoms with Crippen LogP contribution in [0.5, 0.6) is 0 Å². The number of ether oxygens (including phenoxy) is 6. The Hall–Kier alpha value is -0.240. The fourth-order valence-electron chi connectivity index (χ4n) is 3.20. The van der Waals surface area contributed by atoms with Crippen LogP contribution in [0.2, 0.25) is 0 Å². The van der Waals surface area contributed by atoms with Crippen molar-refractivity contribution in [1.29, 1.82) is 0 Å². The Morgan fingerprint density at radius 3 is 1.61 bits per heavy atom. The third-order valence-corrected chi connectivity index (χ3v) is 4.57. The molecule has 0 N–H and O–H groups in total. The predicted molar refractivity (Wildman–Crippen MR) is 83.4 cm³/mol. The zero-order valence-corrected chi connectivity index (χ0v) is 14.0. The molecule has 3 unspecified atom stereocenters. The van der Waals surface area contributed by atoms with Gasteiger partial charge in [0.15, 0.2) is 6.29 Å². The molecule has 134 valence electrons. The van der Waals surface area contributed by atoms with Crippen molar-refractivity contribution in [3.63, 3.8) is 0 Å². The maximum Gasteiger partial charge on any atom is 0.181 e. The molecular formula is C17H30O6. The van der Waals surface area contributed by atoms with E-state index in [1.165, 1.54) is 0 Å². The first-order chi connectivity index (χ1) is 11.4. The third-order valence-electron chi connectivity index (χ3n) is 4.57. The summed E-state index contributed by atoms with van der Waals surface area (Å²) in [6, 6.07) is 0. The molecule has 6 heteroatoms. The molecule has 0 saturated carbocycles. The van der Waals surface area contributed by atoms with E-state index in [4.69, 9.17) is 28.4 Å². The first kappa shape index (κ1) is 17.6. The van der Waals surface area contributed by atoms with Crippen LogP contribution in [0.25, 0.3) is 0 Å². The van der Waals surface area contributed by atoms with Gasteiger partial charge < -0.3 is 28.4 Å². The molecule has 0 aromatic rings. The molecule has 3 atom stereocenters. The molecule has 3 aliphatic rings. The van der Waals surface area contributed by atoms with E-state index in [0.29, 0.717) is 26.4 Å². The van der Waals surface area contributed by atoms with Crippen molar-refractivity contribution >= 4 is 0 Å². The Morgan fingerprint density at radius 1 is 0.696 bits per heavy atom. The summed E-state index contributed by atoms with van der Waals surface area (Å²) in [5.41, 5.74) is 0. The van der Waals surface area contributed by atoms with Gasteiger partial charge in [-0.05, 0) is 38.5 Å². The van der Waals surface area contributed by atoms with Crippen LogP contribution >= 0.6 is 0 Å². The minimum absolute atomic E-state index is 0.196. The minimum atomic E-state index is -0.357. The smallest absolute Gasteiger partial charge is 0.181 e. The lowest BCUT2D eigenvalue weighted by molar-refractivity contribution is -0.198. The summed E-state index contributed by atoms with van der Waals surface area (Å²) in [5.74, 6) is 0. The van der Waals surface area contributed by atoms with Gasteiger partial charge in [-0.3, -0.25) is 0 Å². The van der Waals surface area contributed by atoms with E-state index in [-0.39, 0.29) is 24.6 Å². The lowest BCUT2D eigenvalue weighted by atomic mass is 10.2. The third kappa shape index (κ3) is 6.29. The number of hydrogen-bond acceptors (Lipinski definition) is 6. The predicted octanol–water partition coefficient (Wildman–Crippen LogP) is 1.90. The SMILES string of the molecule is C1COC(COCC(OCC2CCCO2)OCC2CCCO2)C1. The molecule has 23 heavy (non-hydrogen) atoms. The maximum atomic E-state index is 5.88. The van der Waals surface area contributed by atoms with Gasteiger partial charge in [-0.2, -0.15) is 0 Å². The Morgan fingerprint density at radius 2 is 1.17 bits per heavy atom. The lowest BCUT2D eigenvalue weighted by Crippen LogP contribution is -2.31. The van der Waals surface area contributed by atoms with E-state index in [9.17, 15) is 0 Å². The standard InChI is InChI=1S/C17H30O6/c1-4-14(19-7-1)10-18-13-17(22-11-15-5-2-8-20-15)23-12-16-6-3-9-21-16/h14-17H,1-13H2. The lowest BCUT2D eigenvalue weighted by Gasteiger charge is -2.22. The van der Waals surface area contributed by atoms with Crippen LogP contribution < -0.4 is 0 Å². The molecule has 0 amide bonds. The first-order valence-corrected chi connectivity index (χ1v) is 9.06. The average Bonchev–Trinajstić information content (AvgIpc) is 3.33. The summed E-state index contributed by atoms with van der Waals surface area (Å²) < 4.78 is 34.3. The van der Waals surface area contributed by atoms with E-state index >= 15 is 0 Å². The minimum Gasteiger partial charge on any atom is -0.376 e. The van der Waals surface area contributed by atoms with Gasteiger partial charge in [0.25, 0.3) is 0 Å². The molecule has 3 aliphatic heterocycles. The van der Waals surface area contributed by atoms with Gasteiger partial charge in [0.1, 0.15) is 0 Å². The Kier molecular flexibility index (Phi) is 7.58. The molecule has 3 saturated heterocycles. The van der Waals surface area contributed by atoms with Gasteiger partial charge in [0.2, 0.25) is 0 Å². The van der Waals surface area contributed by atoms with Crippen LogP contribution in [0.4, 0.5) is 0 Å². The van der Waals surface area contributed by atoms with E-state index in [2.05, 4.69) is 0 Å². The summed E-state index contributed by atoms with van der Waals surface area (Å²) in [7, 11) is 0. The summed E-state index contributed by atoms with van der Waals surface area (Å²) >= 11 is 0. The molecule has 0 aromatic carbocycles.